The molecular formula is C14H17N3S. The van der Waals surface area contributed by atoms with Gasteiger partial charge in [0.05, 0.1) is 12.2 Å². The lowest BCUT2D eigenvalue weighted by molar-refractivity contribution is 0.335. The van der Waals surface area contributed by atoms with E-state index < -0.39 is 0 Å². The van der Waals surface area contributed by atoms with Crippen molar-refractivity contribution in [2.45, 2.75) is 37.0 Å². The summed E-state index contributed by atoms with van der Waals surface area (Å²) in [6.45, 7) is 0. The van der Waals surface area contributed by atoms with E-state index >= 15 is 0 Å². The molecule has 3 nitrogen and oxygen atoms in total. The fourth-order valence-corrected chi connectivity index (χ4v) is 3.05. The van der Waals surface area contributed by atoms with Crippen LogP contribution in [0.15, 0.2) is 36.5 Å². The average Bonchev–Trinajstić information content (AvgIpc) is 2.90. The minimum Gasteiger partial charge on any atom is -0.248 e. The second kappa shape index (κ2) is 5.14. The highest BCUT2D eigenvalue weighted by atomic mass is 32.1. The van der Waals surface area contributed by atoms with Crippen molar-refractivity contribution in [2.24, 2.45) is 0 Å². The van der Waals surface area contributed by atoms with Crippen LogP contribution in [0.4, 0.5) is 0 Å². The van der Waals surface area contributed by atoms with E-state index in [0.29, 0.717) is 11.3 Å². The molecule has 1 aliphatic carbocycles. The van der Waals surface area contributed by atoms with E-state index in [9.17, 15) is 0 Å². The highest BCUT2D eigenvalue weighted by Crippen LogP contribution is 2.32. The van der Waals surface area contributed by atoms with Crippen molar-refractivity contribution < 1.29 is 0 Å². The molecule has 0 bridgehead atoms. The number of aromatic nitrogens is 3. The molecule has 4 heteroatoms. The van der Waals surface area contributed by atoms with Crippen molar-refractivity contribution >= 4 is 12.6 Å². The summed E-state index contributed by atoms with van der Waals surface area (Å²) in [7, 11) is 0. The first kappa shape index (κ1) is 11.8. The van der Waals surface area contributed by atoms with Gasteiger partial charge in [-0.3, -0.25) is 0 Å². The third-order valence-electron chi connectivity index (χ3n) is 3.61. The summed E-state index contributed by atoms with van der Waals surface area (Å²) in [4.78, 5) is 0. The molecule has 2 aromatic rings. The molecule has 1 heterocycles. The van der Waals surface area contributed by atoms with Gasteiger partial charge in [0.15, 0.2) is 0 Å². The van der Waals surface area contributed by atoms with Gasteiger partial charge in [-0.2, -0.15) is 12.6 Å². The van der Waals surface area contributed by atoms with E-state index in [0.717, 1.165) is 17.7 Å². The van der Waals surface area contributed by atoms with Crippen LogP contribution in [0.3, 0.4) is 0 Å². The lowest BCUT2D eigenvalue weighted by atomic mass is 9.95. The van der Waals surface area contributed by atoms with Crippen LogP contribution in [-0.2, 0) is 0 Å². The molecule has 0 spiro atoms. The molecule has 94 valence electrons. The maximum atomic E-state index is 4.68. The second-order valence-corrected chi connectivity index (χ2v) is 5.53. The van der Waals surface area contributed by atoms with Crippen LogP contribution in [-0.4, -0.2) is 20.2 Å². The molecule has 18 heavy (non-hydrogen) atoms. The standard InChI is InChI=1S/C14H17N3S/c18-14-9-5-4-8-13(14)17-10-12(15-16-17)11-6-2-1-3-7-11/h1-3,6-7,10,13-14,18H,4-5,8-9H2/t13-,14-/m0/s1. The number of hydrogen-bond acceptors (Lipinski definition) is 3. The van der Waals surface area contributed by atoms with Crippen LogP contribution in [0, 0.1) is 0 Å². The average molecular weight is 259 g/mol. The molecule has 0 saturated heterocycles. The lowest BCUT2D eigenvalue weighted by Gasteiger charge is -2.27. The number of benzene rings is 1. The van der Waals surface area contributed by atoms with Crippen LogP contribution in [0.2, 0.25) is 0 Å². The second-order valence-electron chi connectivity index (χ2n) is 4.87. The zero-order valence-corrected chi connectivity index (χ0v) is 11.1. The Balaban J connectivity index is 1.85. The summed E-state index contributed by atoms with van der Waals surface area (Å²) in [6.07, 6.45) is 6.93. The quantitative estimate of drug-likeness (QED) is 0.838. The molecule has 1 aromatic carbocycles. The van der Waals surface area contributed by atoms with Gasteiger partial charge in [-0.1, -0.05) is 48.4 Å². The van der Waals surface area contributed by atoms with Crippen LogP contribution >= 0.6 is 12.6 Å². The largest absolute Gasteiger partial charge is 0.248 e. The molecular weight excluding hydrogens is 242 g/mol. The van der Waals surface area contributed by atoms with Gasteiger partial charge in [-0.05, 0) is 12.8 Å². The molecule has 1 aromatic heterocycles. The normalized spacial score (nSPS) is 24.1. The van der Waals surface area contributed by atoms with Gasteiger partial charge in [0, 0.05) is 10.8 Å². The minimum atomic E-state index is 0.395. The number of rotatable bonds is 2. The molecule has 2 atom stereocenters. The first-order valence-electron chi connectivity index (χ1n) is 6.50. The van der Waals surface area contributed by atoms with Crippen molar-refractivity contribution in [1.29, 1.82) is 0 Å². The Morgan fingerprint density at radius 3 is 2.67 bits per heavy atom. The molecule has 0 amide bonds. The van der Waals surface area contributed by atoms with Crippen LogP contribution in [0.5, 0.6) is 0 Å². The van der Waals surface area contributed by atoms with Gasteiger partial charge in [-0.25, -0.2) is 4.68 Å². The van der Waals surface area contributed by atoms with E-state index in [1.54, 1.807) is 0 Å². The van der Waals surface area contributed by atoms with E-state index in [2.05, 4.69) is 41.3 Å². The summed E-state index contributed by atoms with van der Waals surface area (Å²) in [5.41, 5.74) is 2.07. The smallest absolute Gasteiger partial charge is 0.113 e. The van der Waals surface area contributed by atoms with E-state index in [1.165, 1.54) is 19.3 Å². The number of thiol groups is 1. The molecule has 0 radical (unpaired) electrons. The van der Waals surface area contributed by atoms with Gasteiger partial charge in [-0.15, -0.1) is 5.10 Å². The number of nitrogens with zero attached hydrogens (tertiary/aromatic N) is 3. The van der Waals surface area contributed by atoms with Gasteiger partial charge in [0.25, 0.3) is 0 Å². The predicted octanol–water partition coefficient (Wildman–Crippen LogP) is 3.36. The molecule has 1 aliphatic rings. The van der Waals surface area contributed by atoms with Crippen LogP contribution < -0.4 is 0 Å². The molecule has 3 rings (SSSR count). The van der Waals surface area contributed by atoms with Gasteiger partial charge >= 0.3 is 0 Å². The summed E-state index contributed by atoms with van der Waals surface area (Å²) in [5, 5.41) is 8.97. The molecule has 0 N–H and O–H groups in total. The van der Waals surface area contributed by atoms with Crippen molar-refractivity contribution in [3.8, 4) is 11.3 Å². The van der Waals surface area contributed by atoms with Crippen molar-refractivity contribution in [1.82, 2.24) is 15.0 Å². The third-order valence-corrected chi connectivity index (χ3v) is 4.22. The molecule has 0 unspecified atom stereocenters. The maximum Gasteiger partial charge on any atom is 0.113 e. The summed E-state index contributed by atoms with van der Waals surface area (Å²) >= 11 is 4.68. The zero-order valence-electron chi connectivity index (χ0n) is 10.2. The summed E-state index contributed by atoms with van der Waals surface area (Å²) in [6, 6.07) is 10.6. The molecule has 1 saturated carbocycles. The highest BCUT2D eigenvalue weighted by Gasteiger charge is 2.24. The monoisotopic (exact) mass is 259 g/mol. The van der Waals surface area contributed by atoms with Gasteiger partial charge in [0.1, 0.15) is 5.69 Å². The Labute approximate surface area is 113 Å². The van der Waals surface area contributed by atoms with Gasteiger partial charge < -0.3 is 0 Å². The fourth-order valence-electron chi connectivity index (χ4n) is 2.58. The fraction of sp³-hybridized carbons (Fsp3) is 0.429. The molecule has 0 aliphatic heterocycles. The van der Waals surface area contributed by atoms with E-state index in [-0.39, 0.29) is 0 Å². The Morgan fingerprint density at radius 1 is 1.11 bits per heavy atom. The Kier molecular flexibility index (Phi) is 3.37. The highest BCUT2D eigenvalue weighted by molar-refractivity contribution is 7.81. The third kappa shape index (κ3) is 2.29. The van der Waals surface area contributed by atoms with Crippen molar-refractivity contribution in [3.05, 3.63) is 36.5 Å². The van der Waals surface area contributed by atoms with Gasteiger partial charge in [0.2, 0.25) is 0 Å². The SMILES string of the molecule is S[C@H]1CCCC[C@@H]1n1cc(-c2ccccc2)nn1. The summed E-state index contributed by atoms with van der Waals surface area (Å²) in [5.74, 6) is 0. The number of hydrogen-bond donors (Lipinski definition) is 1. The topological polar surface area (TPSA) is 30.7 Å². The van der Waals surface area contributed by atoms with E-state index in [1.807, 2.05) is 22.9 Å². The van der Waals surface area contributed by atoms with Crippen LogP contribution in [0.25, 0.3) is 11.3 Å². The first-order chi connectivity index (χ1) is 8.84. The van der Waals surface area contributed by atoms with Crippen molar-refractivity contribution in [3.63, 3.8) is 0 Å². The molecule has 1 fully saturated rings. The Bertz CT molecular complexity index is 509. The zero-order chi connectivity index (χ0) is 12.4. The first-order valence-corrected chi connectivity index (χ1v) is 7.01. The Hall–Kier alpha value is -1.29. The van der Waals surface area contributed by atoms with Crippen LogP contribution in [0.1, 0.15) is 31.7 Å². The maximum absolute atomic E-state index is 4.68. The minimum absolute atomic E-state index is 0.395. The summed E-state index contributed by atoms with van der Waals surface area (Å²) < 4.78 is 2.00. The van der Waals surface area contributed by atoms with Crippen molar-refractivity contribution in [2.75, 3.05) is 0 Å². The Morgan fingerprint density at radius 2 is 1.89 bits per heavy atom. The lowest BCUT2D eigenvalue weighted by Crippen LogP contribution is -2.24. The predicted molar refractivity (Wildman–Crippen MR) is 75.7 cm³/mol. The van der Waals surface area contributed by atoms with E-state index in [4.69, 9.17) is 0 Å².